The second kappa shape index (κ2) is 5.48. The molecule has 0 bridgehead atoms. The van der Waals surface area contributed by atoms with Gasteiger partial charge >= 0.3 is 0 Å². The van der Waals surface area contributed by atoms with Crippen molar-refractivity contribution in [1.29, 1.82) is 0 Å². The predicted molar refractivity (Wildman–Crippen MR) is 69.9 cm³/mol. The van der Waals surface area contributed by atoms with Gasteiger partial charge in [0.05, 0.1) is 21.9 Å². The van der Waals surface area contributed by atoms with Crippen molar-refractivity contribution in [3.05, 3.63) is 21.3 Å². The van der Waals surface area contributed by atoms with E-state index in [9.17, 15) is 4.79 Å². The minimum atomic E-state index is -0.177. The number of aliphatic hydroxyl groups is 1. The standard InChI is InChI=1S/C12H16ClNO2S/c1-8(14(6-7-15)9-2-3-9)12(16)10-4-5-11(13)17-10/h4-5,8-9,15H,2-3,6-7H2,1H3. The molecule has 0 saturated heterocycles. The topological polar surface area (TPSA) is 40.5 Å². The van der Waals surface area contributed by atoms with Crippen LogP contribution in [0.3, 0.4) is 0 Å². The number of Topliss-reactive ketones (excluding diaryl/α,β-unsaturated/α-hetero) is 1. The van der Waals surface area contributed by atoms with E-state index in [4.69, 9.17) is 16.7 Å². The lowest BCUT2D eigenvalue weighted by molar-refractivity contribution is 0.0797. The molecule has 1 aromatic heterocycles. The molecule has 1 heterocycles. The monoisotopic (exact) mass is 273 g/mol. The van der Waals surface area contributed by atoms with Gasteiger partial charge in [-0.1, -0.05) is 11.6 Å². The average molecular weight is 274 g/mol. The largest absolute Gasteiger partial charge is 0.395 e. The Hall–Kier alpha value is -0.420. The summed E-state index contributed by atoms with van der Waals surface area (Å²) in [6.45, 7) is 2.57. The normalized spacial score (nSPS) is 17.4. The first-order chi connectivity index (χ1) is 8.13. The molecule has 1 saturated carbocycles. The van der Waals surface area contributed by atoms with Crippen LogP contribution in [0.5, 0.6) is 0 Å². The van der Waals surface area contributed by atoms with Crippen LogP contribution in [0.2, 0.25) is 4.34 Å². The zero-order valence-electron chi connectivity index (χ0n) is 9.73. The van der Waals surface area contributed by atoms with Crippen molar-refractivity contribution in [3.63, 3.8) is 0 Å². The smallest absolute Gasteiger partial charge is 0.189 e. The average Bonchev–Trinajstić information content (AvgIpc) is 3.06. The Morgan fingerprint density at radius 3 is 2.82 bits per heavy atom. The number of hydrogen-bond acceptors (Lipinski definition) is 4. The van der Waals surface area contributed by atoms with E-state index in [1.54, 1.807) is 12.1 Å². The van der Waals surface area contributed by atoms with Crippen molar-refractivity contribution in [2.75, 3.05) is 13.2 Å². The first-order valence-electron chi connectivity index (χ1n) is 5.79. The maximum Gasteiger partial charge on any atom is 0.189 e. The van der Waals surface area contributed by atoms with E-state index in [-0.39, 0.29) is 18.4 Å². The second-order valence-corrected chi connectivity index (χ2v) is 6.05. The highest BCUT2D eigenvalue weighted by Crippen LogP contribution is 2.30. The van der Waals surface area contributed by atoms with Crippen molar-refractivity contribution >= 4 is 28.7 Å². The SMILES string of the molecule is CC(C(=O)c1ccc(Cl)s1)N(CCO)C1CC1. The molecule has 2 rings (SSSR count). The Morgan fingerprint density at radius 2 is 2.35 bits per heavy atom. The summed E-state index contributed by atoms with van der Waals surface area (Å²) >= 11 is 7.16. The maximum atomic E-state index is 12.2. The molecule has 1 fully saturated rings. The van der Waals surface area contributed by atoms with Crippen LogP contribution in [-0.2, 0) is 0 Å². The molecule has 1 aliphatic rings. The van der Waals surface area contributed by atoms with E-state index in [0.29, 0.717) is 21.8 Å². The molecule has 1 N–H and O–H groups in total. The predicted octanol–water partition coefficient (Wildman–Crippen LogP) is 2.43. The van der Waals surface area contributed by atoms with E-state index in [1.165, 1.54) is 11.3 Å². The molecule has 94 valence electrons. The van der Waals surface area contributed by atoms with Crippen LogP contribution in [0.1, 0.15) is 29.4 Å². The van der Waals surface area contributed by atoms with Gasteiger partial charge in [0.1, 0.15) is 0 Å². The molecule has 0 radical (unpaired) electrons. The van der Waals surface area contributed by atoms with Gasteiger partial charge < -0.3 is 5.11 Å². The Bertz CT molecular complexity index is 403. The maximum absolute atomic E-state index is 12.2. The van der Waals surface area contributed by atoms with Crippen LogP contribution in [0.4, 0.5) is 0 Å². The minimum Gasteiger partial charge on any atom is -0.395 e. The number of thiophene rings is 1. The van der Waals surface area contributed by atoms with E-state index < -0.39 is 0 Å². The first-order valence-corrected chi connectivity index (χ1v) is 6.99. The van der Waals surface area contributed by atoms with Gasteiger partial charge in [0.2, 0.25) is 0 Å². The van der Waals surface area contributed by atoms with Crippen LogP contribution in [0.25, 0.3) is 0 Å². The highest BCUT2D eigenvalue weighted by Gasteiger charge is 2.35. The highest BCUT2D eigenvalue weighted by molar-refractivity contribution is 7.18. The summed E-state index contributed by atoms with van der Waals surface area (Å²) in [5.74, 6) is 0.0993. The van der Waals surface area contributed by atoms with Crippen molar-refractivity contribution in [2.45, 2.75) is 31.8 Å². The molecular weight excluding hydrogens is 258 g/mol. The summed E-state index contributed by atoms with van der Waals surface area (Å²) in [6.07, 6.45) is 2.26. The molecule has 3 nitrogen and oxygen atoms in total. The number of carbonyl (C=O) groups is 1. The van der Waals surface area contributed by atoms with E-state index >= 15 is 0 Å². The molecule has 1 aromatic rings. The molecular formula is C12H16ClNO2S. The molecule has 5 heteroatoms. The number of hydrogen-bond donors (Lipinski definition) is 1. The Balaban J connectivity index is 2.06. The molecule has 0 spiro atoms. The van der Waals surface area contributed by atoms with Crippen molar-refractivity contribution in [1.82, 2.24) is 4.90 Å². The summed E-state index contributed by atoms with van der Waals surface area (Å²) in [5, 5.41) is 9.05. The fourth-order valence-corrected chi connectivity index (χ4v) is 3.08. The molecule has 1 unspecified atom stereocenters. The Labute approximate surface area is 110 Å². The van der Waals surface area contributed by atoms with E-state index in [1.807, 2.05) is 6.92 Å². The van der Waals surface area contributed by atoms with Crippen LogP contribution in [-0.4, -0.2) is 41.0 Å². The first kappa shape index (κ1) is 13.0. The Kier molecular flexibility index (Phi) is 4.20. The van der Waals surface area contributed by atoms with Crippen molar-refractivity contribution < 1.29 is 9.90 Å². The van der Waals surface area contributed by atoms with E-state index in [0.717, 1.165) is 12.8 Å². The van der Waals surface area contributed by atoms with Gasteiger partial charge in [-0.2, -0.15) is 0 Å². The number of carbonyl (C=O) groups excluding carboxylic acids is 1. The van der Waals surface area contributed by atoms with Crippen LogP contribution >= 0.6 is 22.9 Å². The van der Waals surface area contributed by atoms with Crippen LogP contribution < -0.4 is 0 Å². The summed E-state index contributed by atoms with van der Waals surface area (Å²) in [4.78, 5) is 15.0. The lowest BCUT2D eigenvalue weighted by atomic mass is 10.1. The molecule has 1 atom stereocenters. The molecule has 1 aliphatic carbocycles. The molecule has 17 heavy (non-hydrogen) atoms. The van der Waals surface area contributed by atoms with Gasteiger partial charge in [0.25, 0.3) is 0 Å². The van der Waals surface area contributed by atoms with Gasteiger partial charge in [0.15, 0.2) is 5.78 Å². The van der Waals surface area contributed by atoms with Gasteiger partial charge in [0, 0.05) is 12.6 Å². The van der Waals surface area contributed by atoms with Gasteiger partial charge in [-0.25, -0.2) is 0 Å². The summed E-state index contributed by atoms with van der Waals surface area (Å²) in [7, 11) is 0. The summed E-state index contributed by atoms with van der Waals surface area (Å²) in [6, 6.07) is 3.82. The summed E-state index contributed by atoms with van der Waals surface area (Å²) in [5.41, 5.74) is 0. The highest BCUT2D eigenvalue weighted by atomic mass is 35.5. The number of nitrogens with zero attached hydrogens (tertiary/aromatic N) is 1. The van der Waals surface area contributed by atoms with Gasteiger partial charge in [-0.05, 0) is 31.9 Å². The summed E-state index contributed by atoms with van der Waals surface area (Å²) < 4.78 is 0.640. The van der Waals surface area contributed by atoms with Gasteiger partial charge in [-0.15, -0.1) is 11.3 Å². The zero-order valence-corrected chi connectivity index (χ0v) is 11.3. The quantitative estimate of drug-likeness (QED) is 0.810. The number of halogens is 1. The van der Waals surface area contributed by atoms with Crippen LogP contribution in [0, 0.1) is 0 Å². The van der Waals surface area contributed by atoms with Crippen LogP contribution in [0.15, 0.2) is 12.1 Å². The van der Waals surface area contributed by atoms with Crippen molar-refractivity contribution in [3.8, 4) is 0 Å². The van der Waals surface area contributed by atoms with Crippen molar-refractivity contribution in [2.24, 2.45) is 0 Å². The molecule has 0 aromatic carbocycles. The zero-order chi connectivity index (χ0) is 12.4. The van der Waals surface area contributed by atoms with E-state index in [2.05, 4.69) is 4.90 Å². The fourth-order valence-electron chi connectivity index (χ4n) is 2.02. The lowest BCUT2D eigenvalue weighted by Crippen LogP contribution is -2.42. The number of rotatable bonds is 6. The number of ketones is 1. The minimum absolute atomic E-state index is 0.0965. The number of aliphatic hydroxyl groups excluding tert-OH is 1. The lowest BCUT2D eigenvalue weighted by Gasteiger charge is -2.26. The molecule has 0 aliphatic heterocycles. The Morgan fingerprint density at radius 1 is 1.65 bits per heavy atom. The van der Waals surface area contributed by atoms with Gasteiger partial charge in [-0.3, -0.25) is 9.69 Å². The fraction of sp³-hybridized carbons (Fsp3) is 0.583. The third-order valence-electron chi connectivity index (χ3n) is 3.07. The third kappa shape index (κ3) is 3.07. The molecule has 0 amide bonds. The third-order valence-corrected chi connectivity index (χ3v) is 4.31. The second-order valence-electron chi connectivity index (χ2n) is 4.34.